The number of hydrogen-bond donors (Lipinski definition) is 0. The molecule has 0 aliphatic carbocycles. The molecule has 1 aliphatic rings. The molecule has 0 bridgehead atoms. The lowest BCUT2D eigenvalue weighted by molar-refractivity contribution is 0.0810. The first-order chi connectivity index (χ1) is 9.19. The third-order valence-corrected chi connectivity index (χ3v) is 3.86. The van der Waals surface area contributed by atoms with Gasteiger partial charge in [-0.25, -0.2) is 0 Å². The molecule has 3 nitrogen and oxygen atoms in total. The van der Waals surface area contributed by atoms with Crippen molar-refractivity contribution >= 4 is 17.4 Å². The number of ether oxygens (including phenoxy) is 1. The predicted octanol–water partition coefficient (Wildman–Crippen LogP) is 2.88. The van der Waals surface area contributed by atoms with Crippen LogP contribution < -0.4 is 0 Å². The third kappa shape index (κ3) is 4.30. The number of carbonyl (C=O) groups excluding carboxylic acids is 1. The van der Waals surface area contributed by atoms with E-state index in [9.17, 15) is 4.79 Å². The standard InChI is InChI=1S/C15H20ClNO2/c1-19-11-12-5-7-17(8-6-12)10-15(18)13-3-2-4-14(16)9-13/h2-4,9,12H,5-8,10-11H2,1H3. The molecular formula is C15H20ClNO2. The number of rotatable bonds is 5. The van der Waals surface area contributed by atoms with Crippen LogP contribution >= 0.6 is 11.6 Å². The normalized spacial score (nSPS) is 17.6. The number of nitrogens with zero attached hydrogens (tertiary/aromatic N) is 1. The van der Waals surface area contributed by atoms with E-state index >= 15 is 0 Å². The number of halogens is 1. The second kappa shape index (κ2) is 7.04. The van der Waals surface area contributed by atoms with Gasteiger partial charge in [-0.3, -0.25) is 9.69 Å². The lowest BCUT2D eigenvalue weighted by atomic mass is 9.97. The minimum absolute atomic E-state index is 0.146. The molecule has 4 heteroatoms. The quantitative estimate of drug-likeness (QED) is 0.777. The van der Waals surface area contributed by atoms with Crippen molar-refractivity contribution in [3.05, 3.63) is 34.9 Å². The van der Waals surface area contributed by atoms with Crippen molar-refractivity contribution in [2.45, 2.75) is 12.8 Å². The van der Waals surface area contributed by atoms with Gasteiger partial charge in [0.1, 0.15) is 0 Å². The lowest BCUT2D eigenvalue weighted by Crippen LogP contribution is -2.38. The van der Waals surface area contributed by atoms with Gasteiger partial charge in [0.05, 0.1) is 6.54 Å². The molecule has 0 saturated carbocycles. The summed E-state index contributed by atoms with van der Waals surface area (Å²) in [6, 6.07) is 7.17. The molecule has 0 unspecified atom stereocenters. The molecule has 0 atom stereocenters. The van der Waals surface area contributed by atoms with Gasteiger partial charge in [0, 0.05) is 24.3 Å². The van der Waals surface area contributed by atoms with E-state index in [1.807, 2.05) is 12.1 Å². The Balaban J connectivity index is 1.84. The highest BCUT2D eigenvalue weighted by Gasteiger charge is 2.21. The van der Waals surface area contributed by atoms with Crippen molar-refractivity contribution < 1.29 is 9.53 Å². The predicted molar refractivity (Wildman–Crippen MR) is 76.8 cm³/mol. The van der Waals surface area contributed by atoms with E-state index in [2.05, 4.69) is 4.90 Å². The first-order valence-electron chi connectivity index (χ1n) is 6.69. The number of methoxy groups -OCH3 is 1. The molecule has 1 aromatic rings. The molecular weight excluding hydrogens is 262 g/mol. The highest BCUT2D eigenvalue weighted by Crippen LogP contribution is 2.18. The topological polar surface area (TPSA) is 29.5 Å². The average Bonchev–Trinajstić information content (AvgIpc) is 2.41. The Hall–Kier alpha value is -0.900. The average molecular weight is 282 g/mol. The van der Waals surface area contributed by atoms with E-state index in [-0.39, 0.29) is 5.78 Å². The number of hydrogen-bond acceptors (Lipinski definition) is 3. The molecule has 1 heterocycles. The smallest absolute Gasteiger partial charge is 0.176 e. The van der Waals surface area contributed by atoms with Crippen LogP contribution in [0.4, 0.5) is 0 Å². The molecule has 1 fully saturated rings. The molecule has 104 valence electrons. The van der Waals surface area contributed by atoms with Gasteiger partial charge in [-0.1, -0.05) is 23.7 Å². The number of likely N-dealkylation sites (tertiary alicyclic amines) is 1. The van der Waals surface area contributed by atoms with Crippen LogP contribution in [-0.4, -0.2) is 44.0 Å². The summed E-state index contributed by atoms with van der Waals surface area (Å²) < 4.78 is 5.18. The Morgan fingerprint density at radius 3 is 2.79 bits per heavy atom. The van der Waals surface area contributed by atoms with Crippen LogP contribution in [-0.2, 0) is 4.74 Å². The molecule has 0 amide bonds. The zero-order valence-electron chi connectivity index (χ0n) is 11.3. The Morgan fingerprint density at radius 2 is 2.16 bits per heavy atom. The molecule has 2 rings (SSSR count). The van der Waals surface area contributed by atoms with Gasteiger partial charge in [0.2, 0.25) is 0 Å². The van der Waals surface area contributed by atoms with Crippen LogP contribution in [0.1, 0.15) is 23.2 Å². The highest BCUT2D eigenvalue weighted by atomic mass is 35.5. The Morgan fingerprint density at radius 1 is 1.42 bits per heavy atom. The van der Waals surface area contributed by atoms with Crippen molar-refractivity contribution in [1.29, 1.82) is 0 Å². The summed E-state index contributed by atoms with van der Waals surface area (Å²) in [6.45, 7) is 3.26. The zero-order chi connectivity index (χ0) is 13.7. The van der Waals surface area contributed by atoms with Gasteiger partial charge in [-0.2, -0.15) is 0 Å². The molecule has 0 radical (unpaired) electrons. The Bertz CT molecular complexity index is 428. The molecule has 0 spiro atoms. The van der Waals surface area contributed by atoms with Gasteiger partial charge < -0.3 is 4.74 Å². The minimum Gasteiger partial charge on any atom is -0.384 e. The summed E-state index contributed by atoms with van der Waals surface area (Å²) >= 11 is 5.91. The van der Waals surface area contributed by atoms with E-state index in [0.717, 1.165) is 32.5 Å². The molecule has 1 saturated heterocycles. The second-order valence-corrected chi connectivity index (χ2v) is 5.54. The number of benzene rings is 1. The van der Waals surface area contributed by atoms with Gasteiger partial charge in [0.15, 0.2) is 5.78 Å². The van der Waals surface area contributed by atoms with Crippen molar-refractivity contribution in [2.75, 3.05) is 33.4 Å². The maximum absolute atomic E-state index is 12.1. The number of ketones is 1. The zero-order valence-corrected chi connectivity index (χ0v) is 12.0. The number of carbonyl (C=O) groups is 1. The van der Waals surface area contributed by atoms with Crippen molar-refractivity contribution in [2.24, 2.45) is 5.92 Å². The third-order valence-electron chi connectivity index (χ3n) is 3.62. The van der Waals surface area contributed by atoms with Crippen molar-refractivity contribution in [3.8, 4) is 0 Å². The number of Topliss-reactive ketones (excluding diaryl/α,β-unsaturated/α-hetero) is 1. The number of piperidine rings is 1. The van der Waals surface area contributed by atoms with Gasteiger partial charge in [-0.05, 0) is 44.0 Å². The fraction of sp³-hybridized carbons (Fsp3) is 0.533. The molecule has 1 aromatic carbocycles. The molecule has 0 aromatic heterocycles. The van der Waals surface area contributed by atoms with Crippen LogP contribution in [0.25, 0.3) is 0 Å². The van der Waals surface area contributed by atoms with E-state index in [4.69, 9.17) is 16.3 Å². The van der Waals surface area contributed by atoms with Crippen LogP contribution in [0.3, 0.4) is 0 Å². The fourth-order valence-electron chi connectivity index (χ4n) is 2.50. The first kappa shape index (κ1) is 14.5. The Labute approximate surface area is 119 Å². The summed E-state index contributed by atoms with van der Waals surface area (Å²) in [6.07, 6.45) is 2.22. The van der Waals surface area contributed by atoms with Gasteiger partial charge in [0.25, 0.3) is 0 Å². The van der Waals surface area contributed by atoms with E-state index in [0.29, 0.717) is 23.0 Å². The Kier molecular flexibility index (Phi) is 5.37. The van der Waals surface area contributed by atoms with Crippen LogP contribution in [0.5, 0.6) is 0 Å². The lowest BCUT2D eigenvalue weighted by Gasteiger charge is -2.31. The van der Waals surface area contributed by atoms with E-state index in [1.165, 1.54) is 0 Å². The minimum atomic E-state index is 0.146. The van der Waals surface area contributed by atoms with Crippen LogP contribution in [0, 0.1) is 5.92 Å². The summed E-state index contributed by atoms with van der Waals surface area (Å²) in [4.78, 5) is 14.4. The van der Waals surface area contributed by atoms with E-state index < -0.39 is 0 Å². The maximum Gasteiger partial charge on any atom is 0.176 e. The van der Waals surface area contributed by atoms with Crippen LogP contribution in [0.2, 0.25) is 5.02 Å². The monoisotopic (exact) mass is 281 g/mol. The van der Waals surface area contributed by atoms with Gasteiger partial charge >= 0.3 is 0 Å². The molecule has 19 heavy (non-hydrogen) atoms. The highest BCUT2D eigenvalue weighted by molar-refractivity contribution is 6.31. The first-order valence-corrected chi connectivity index (χ1v) is 7.07. The summed E-state index contributed by atoms with van der Waals surface area (Å²) in [7, 11) is 1.75. The SMILES string of the molecule is COCC1CCN(CC(=O)c2cccc(Cl)c2)CC1. The summed E-state index contributed by atoms with van der Waals surface area (Å²) in [5.74, 6) is 0.787. The summed E-state index contributed by atoms with van der Waals surface area (Å²) in [5.41, 5.74) is 0.700. The van der Waals surface area contributed by atoms with Crippen LogP contribution in [0.15, 0.2) is 24.3 Å². The van der Waals surface area contributed by atoms with E-state index in [1.54, 1.807) is 19.2 Å². The van der Waals surface area contributed by atoms with Crippen molar-refractivity contribution in [3.63, 3.8) is 0 Å². The van der Waals surface area contributed by atoms with Crippen molar-refractivity contribution in [1.82, 2.24) is 4.90 Å². The largest absolute Gasteiger partial charge is 0.384 e. The van der Waals surface area contributed by atoms with Gasteiger partial charge in [-0.15, -0.1) is 0 Å². The fourth-order valence-corrected chi connectivity index (χ4v) is 2.69. The molecule has 0 N–H and O–H groups in total. The second-order valence-electron chi connectivity index (χ2n) is 5.11. The summed E-state index contributed by atoms with van der Waals surface area (Å²) in [5, 5.41) is 0.615. The maximum atomic E-state index is 12.1. The molecule has 1 aliphatic heterocycles.